The normalized spacial score (nSPS) is 9.21. The summed E-state index contributed by atoms with van der Waals surface area (Å²) in [5.74, 6) is -0.602. The third-order valence-electron chi connectivity index (χ3n) is 1.57. The second-order valence-corrected chi connectivity index (χ2v) is 2.45. The van der Waals surface area contributed by atoms with Gasteiger partial charge in [0.25, 0.3) is 0 Å². The number of benzene rings is 1. The van der Waals surface area contributed by atoms with E-state index in [9.17, 15) is 14.7 Å². The molecule has 0 unspecified atom stereocenters. The maximum atomic E-state index is 11.1. The van der Waals surface area contributed by atoms with Gasteiger partial charge >= 0.3 is 12.1 Å². The highest BCUT2D eigenvalue weighted by molar-refractivity contribution is 5.99. The zero-order valence-corrected chi connectivity index (χ0v) is 7.44. The van der Waals surface area contributed by atoms with Gasteiger partial charge in [-0.3, -0.25) is 5.32 Å². The number of methoxy groups -OCH3 is 1. The molecule has 0 bridgehead atoms. The van der Waals surface area contributed by atoms with Crippen molar-refractivity contribution in [2.45, 2.75) is 0 Å². The van der Waals surface area contributed by atoms with Crippen molar-refractivity contribution in [1.29, 1.82) is 0 Å². The maximum absolute atomic E-state index is 11.1. The lowest BCUT2D eigenvalue weighted by molar-refractivity contribution is 0.0602. The number of hydrogen-bond acceptors (Lipinski definition) is 3. The van der Waals surface area contributed by atoms with Crippen molar-refractivity contribution in [2.24, 2.45) is 0 Å². The van der Waals surface area contributed by atoms with E-state index in [1.54, 1.807) is 12.1 Å². The molecule has 1 radical (unpaired) electrons. The van der Waals surface area contributed by atoms with Crippen LogP contribution < -0.4 is 5.32 Å². The monoisotopic (exact) mass is 194 g/mol. The van der Waals surface area contributed by atoms with Crippen LogP contribution in [0.25, 0.3) is 0 Å². The number of esters is 1. The summed E-state index contributed by atoms with van der Waals surface area (Å²) in [6.45, 7) is 0. The van der Waals surface area contributed by atoms with Gasteiger partial charge in [0.1, 0.15) is 0 Å². The number of hydrogen-bond donors (Lipinski definition) is 1. The van der Waals surface area contributed by atoms with E-state index in [1.165, 1.54) is 19.2 Å². The fourth-order valence-electron chi connectivity index (χ4n) is 0.990. The molecule has 0 heterocycles. The highest BCUT2D eigenvalue weighted by atomic mass is 16.5. The third-order valence-corrected chi connectivity index (χ3v) is 1.57. The van der Waals surface area contributed by atoms with Gasteiger partial charge in [0.05, 0.1) is 18.4 Å². The molecule has 0 spiro atoms. The second kappa shape index (κ2) is 4.27. The van der Waals surface area contributed by atoms with Gasteiger partial charge in [0, 0.05) is 0 Å². The Bertz CT molecular complexity index is 362. The standard InChI is InChI=1S/C9H8NO4/c1-14-8(11)6-4-2-3-5-7(6)10-9(12)13/h2-5,10H,1H3. The Balaban J connectivity index is 3.02. The van der Waals surface area contributed by atoms with Crippen molar-refractivity contribution in [3.8, 4) is 0 Å². The molecule has 0 aromatic heterocycles. The van der Waals surface area contributed by atoms with E-state index in [-0.39, 0.29) is 11.3 Å². The smallest absolute Gasteiger partial charge is 0.454 e. The quantitative estimate of drug-likeness (QED) is 0.723. The van der Waals surface area contributed by atoms with Crippen LogP contribution in [0.3, 0.4) is 0 Å². The molecule has 1 amide bonds. The lowest BCUT2D eigenvalue weighted by atomic mass is 10.2. The first-order chi connectivity index (χ1) is 6.65. The van der Waals surface area contributed by atoms with Gasteiger partial charge in [-0.2, -0.15) is 0 Å². The van der Waals surface area contributed by atoms with E-state index < -0.39 is 12.1 Å². The number of carbonyl (C=O) groups excluding carboxylic acids is 2. The summed E-state index contributed by atoms with van der Waals surface area (Å²) < 4.78 is 4.47. The molecular weight excluding hydrogens is 186 g/mol. The molecular formula is C9H8NO4. The SMILES string of the molecule is COC(=O)c1ccccc1NC([O])=O. The van der Waals surface area contributed by atoms with Gasteiger partial charge < -0.3 is 4.74 Å². The summed E-state index contributed by atoms with van der Waals surface area (Å²) in [5, 5.41) is 12.3. The predicted molar refractivity (Wildman–Crippen MR) is 47.5 cm³/mol. The van der Waals surface area contributed by atoms with Gasteiger partial charge in [0.2, 0.25) is 0 Å². The predicted octanol–water partition coefficient (Wildman–Crippen LogP) is 1.44. The molecule has 73 valence electrons. The van der Waals surface area contributed by atoms with Crippen LogP contribution in [-0.4, -0.2) is 19.2 Å². The summed E-state index contributed by atoms with van der Waals surface area (Å²) in [7, 11) is 1.22. The largest absolute Gasteiger partial charge is 0.465 e. The minimum Gasteiger partial charge on any atom is -0.465 e. The number of amides is 1. The van der Waals surface area contributed by atoms with Crippen LogP contribution >= 0.6 is 0 Å². The molecule has 0 aliphatic heterocycles. The number of rotatable bonds is 2. The Morgan fingerprint density at radius 2 is 1.93 bits per heavy atom. The summed E-state index contributed by atoms with van der Waals surface area (Å²) in [5.41, 5.74) is 0.304. The van der Waals surface area contributed by atoms with Crippen molar-refractivity contribution in [3.63, 3.8) is 0 Å². The molecule has 5 heteroatoms. The number of para-hydroxylation sites is 1. The van der Waals surface area contributed by atoms with E-state index >= 15 is 0 Å². The van der Waals surface area contributed by atoms with Gasteiger partial charge in [-0.05, 0) is 12.1 Å². The van der Waals surface area contributed by atoms with E-state index in [1.807, 2.05) is 5.32 Å². The third kappa shape index (κ3) is 2.22. The first-order valence-electron chi connectivity index (χ1n) is 3.80. The summed E-state index contributed by atoms with van der Waals surface area (Å²) >= 11 is 0. The van der Waals surface area contributed by atoms with E-state index in [2.05, 4.69) is 4.74 Å². The fraction of sp³-hybridized carbons (Fsp3) is 0.111. The zero-order chi connectivity index (χ0) is 10.6. The molecule has 5 nitrogen and oxygen atoms in total. The first kappa shape index (κ1) is 10.0. The Morgan fingerprint density at radius 1 is 1.29 bits per heavy atom. The van der Waals surface area contributed by atoms with Crippen LogP contribution in [0.1, 0.15) is 10.4 Å². The van der Waals surface area contributed by atoms with E-state index in [4.69, 9.17) is 0 Å². The minimum atomic E-state index is -1.47. The van der Waals surface area contributed by atoms with Gasteiger partial charge in [0.15, 0.2) is 0 Å². The fourth-order valence-corrected chi connectivity index (χ4v) is 0.990. The molecule has 1 aromatic carbocycles. The average molecular weight is 194 g/mol. The molecule has 0 aliphatic rings. The highest BCUT2D eigenvalue weighted by Gasteiger charge is 2.12. The van der Waals surface area contributed by atoms with Crippen molar-refractivity contribution >= 4 is 17.7 Å². The molecule has 0 atom stereocenters. The lowest BCUT2D eigenvalue weighted by Gasteiger charge is -2.05. The highest BCUT2D eigenvalue weighted by Crippen LogP contribution is 2.15. The second-order valence-electron chi connectivity index (χ2n) is 2.45. The van der Waals surface area contributed by atoms with Crippen molar-refractivity contribution in [1.82, 2.24) is 0 Å². The van der Waals surface area contributed by atoms with E-state index in [0.29, 0.717) is 0 Å². The van der Waals surface area contributed by atoms with Crippen LogP contribution in [0, 0.1) is 0 Å². The summed E-state index contributed by atoms with van der Waals surface area (Å²) in [6.07, 6.45) is -1.47. The zero-order valence-electron chi connectivity index (χ0n) is 7.44. The molecule has 1 N–H and O–H groups in total. The number of ether oxygens (including phenoxy) is 1. The summed E-state index contributed by atoms with van der Waals surface area (Å²) in [6, 6.07) is 6.10. The van der Waals surface area contributed by atoms with Gasteiger partial charge in [-0.25, -0.2) is 14.7 Å². The molecule has 0 saturated heterocycles. The number of anilines is 1. The minimum absolute atomic E-state index is 0.152. The van der Waals surface area contributed by atoms with Crippen molar-refractivity contribution < 1.29 is 19.4 Å². The number of nitrogens with one attached hydrogen (secondary N) is 1. The maximum Gasteiger partial charge on any atom is 0.454 e. The Morgan fingerprint density at radius 3 is 2.50 bits per heavy atom. The van der Waals surface area contributed by atoms with Crippen LogP contribution in [-0.2, 0) is 9.84 Å². The molecule has 1 rings (SSSR count). The van der Waals surface area contributed by atoms with Crippen LogP contribution in [0.15, 0.2) is 24.3 Å². The van der Waals surface area contributed by atoms with Gasteiger partial charge in [-0.1, -0.05) is 12.1 Å². The Kier molecular flexibility index (Phi) is 3.06. The van der Waals surface area contributed by atoms with Crippen LogP contribution in [0.5, 0.6) is 0 Å². The molecule has 1 aromatic rings. The average Bonchev–Trinajstić information content (AvgIpc) is 2.16. The van der Waals surface area contributed by atoms with E-state index in [0.717, 1.165) is 0 Å². The topological polar surface area (TPSA) is 75.3 Å². The van der Waals surface area contributed by atoms with Crippen LogP contribution in [0.2, 0.25) is 0 Å². The van der Waals surface area contributed by atoms with Crippen LogP contribution in [0.4, 0.5) is 10.5 Å². The van der Waals surface area contributed by atoms with Crippen molar-refractivity contribution in [2.75, 3.05) is 12.4 Å². The van der Waals surface area contributed by atoms with Gasteiger partial charge in [-0.15, -0.1) is 0 Å². The van der Waals surface area contributed by atoms with Crippen molar-refractivity contribution in [3.05, 3.63) is 29.8 Å². The Labute approximate surface area is 80.3 Å². The first-order valence-corrected chi connectivity index (χ1v) is 3.80. The molecule has 0 fully saturated rings. The summed E-state index contributed by atoms with van der Waals surface area (Å²) in [4.78, 5) is 21.4. The number of carbonyl (C=O) groups is 2. The molecule has 0 aliphatic carbocycles. The lowest BCUT2D eigenvalue weighted by Crippen LogP contribution is -2.11. The molecule has 14 heavy (non-hydrogen) atoms. The molecule has 0 saturated carbocycles. The Hall–Kier alpha value is -2.04.